The average molecular weight is 452 g/mol. The van der Waals surface area contributed by atoms with E-state index < -0.39 is 12.7 Å². The van der Waals surface area contributed by atoms with Crippen molar-refractivity contribution >= 4 is 29.1 Å². The summed E-state index contributed by atoms with van der Waals surface area (Å²) in [6, 6.07) is 12.2. The molecule has 31 heavy (non-hydrogen) atoms. The zero-order valence-corrected chi connectivity index (χ0v) is 17.8. The number of benzene rings is 2. The first-order chi connectivity index (χ1) is 14.8. The maximum atomic E-state index is 12.8. The van der Waals surface area contributed by atoms with Gasteiger partial charge in [0.05, 0.1) is 6.04 Å². The van der Waals surface area contributed by atoms with Gasteiger partial charge < -0.3 is 15.0 Å². The Morgan fingerprint density at radius 3 is 2.48 bits per heavy atom. The van der Waals surface area contributed by atoms with Crippen LogP contribution in [0.4, 0.5) is 14.5 Å². The molecule has 1 heterocycles. The third-order valence-corrected chi connectivity index (χ3v) is 5.40. The maximum absolute atomic E-state index is 12.8. The van der Waals surface area contributed by atoms with Crippen LogP contribution in [0.1, 0.15) is 23.7 Å². The molecule has 1 fully saturated rings. The number of hydrogen-bond donors (Lipinski definition) is 1. The molecule has 0 radical (unpaired) electrons. The van der Waals surface area contributed by atoms with Crippen LogP contribution in [0.3, 0.4) is 0 Å². The minimum absolute atomic E-state index is 0.0260. The van der Waals surface area contributed by atoms with E-state index >= 15 is 0 Å². The zero-order chi connectivity index (χ0) is 22.4. The topological polar surface area (TPSA) is 61.9 Å². The molecule has 166 valence electrons. The Balaban J connectivity index is 1.55. The normalized spacial score (nSPS) is 16.0. The molecular weight excluding hydrogens is 428 g/mol. The van der Waals surface area contributed by atoms with E-state index in [4.69, 9.17) is 11.6 Å². The molecule has 2 aromatic rings. The first-order valence-corrected chi connectivity index (χ1v) is 10.4. The molecule has 0 spiro atoms. The molecule has 3 rings (SSSR count). The number of amides is 2. The van der Waals surface area contributed by atoms with E-state index in [1.165, 1.54) is 24.3 Å². The molecule has 1 N–H and O–H groups in total. The molecule has 2 amide bonds. The summed E-state index contributed by atoms with van der Waals surface area (Å²) in [6.45, 7) is 1.24. The van der Waals surface area contributed by atoms with Crippen molar-refractivity contribution in [3.05, 3.63) is 59.1 Å². The van der Waals surface area contributed by atoms with Crippen molar-refractivity contribution in [2.24, 2.45) is 0 Å². The van der Waals surface area contributed by atoms with Crippen LogP contribution in [0.15, 0.2) is 48.5 Å². The lowest BCUT2D eigenvalue weighted by molar-refractivity contribution is -0.120. The predicted molar refractivity (Wildman–Crippen MR) is 115 cm³/mol. The fourth-order valence-corrected chi connectivity index (χ4v) is 3.65. The molecular formula is C22H24ClF2N3O3. The maximum Gasteiger partial charge on any atom is 0.387 e. The van der Waals surface area contributed by atoms with Crippen molar-refractivity contribution in [1.82, 2.24) is 9.80 Å². The summed E-state index contributed by atoms with van der Waals surface area (Å²) in [5, 5.41) is 3.30. The second-order valence-electron chi connectivity index (χ2n) is 7.26. The summed E-state index contributed by atoms with van der Waals surface area (Å²) in [5.41, 5.74) is 1.04. The highest BCUT2D eigenvalue weighted by atomic mass is 35.5. The van der Waals surface area contributed by atoms with Crippen molar-refractivity contribution in [3.8, 4) is 5.75 Å². The van der Waals surface area contributed by atoms with Gasteiger partial charge in [0.25, 0.3) is 5.91 Å². The summed E-state index contributed by atoms with van der Waals surface area (Å²) in [4.78, 5) is 29.2. The average Bonchev–Trinajstić information content (AvgIpc) is 3.00. The molecule has 1 atom stereocenters. The van der Waals surface area contributed by atoms with Gasteiger partial charge in [-0.1, -0.05) is 17.7 Å². The second-order valence-corrected chi connectivity index (χ2v) is 7.70. The Morgan fingerprint density at radius 2 is 1.81 bits per heavy atom. The fraction of sp³-hybridized carbons (Fsp3) is 0.364. The first kappa shape index (κ1) is 23.0. The number of ether oxygens (including phenoxy) is 1. The lowest BCUT2D eigenvalue weighted by Crippen LogP contribution is -2.44. The molecule has 0 bridgehead atoms. The van der Waals surface area contributed by atoms with Gasteiger partial charge in [-0.3, -0.25) is 14.5 Å². The highest BCUT2D eigenvalue weighted by Gasteiger charge is 2.26. The van der Waals surface area contributed by atoms with Gasteiger partial charge in [-0.15, -0.1) is 0 Å². The summed E-state index contributed by atoms with van der Waals surface area (Å²) in [5.74, 6) is -0.261. The first-order valence-electron chi connectivity index (χ1n) is 9.98. The second kappa shape index (κ2) is 10.5. The summed E-state index contributed by atoms with van der Waals surface area (Å²) in [6.07, 6.45) is 0.740. The Hall–Kier alpha value is -2.71. The summed E-state index contributed by atoms with van der Waals surface area (Å²) < 4.78 is 28.8. The van der Waals surface area contributed by atoms with Crippen LogP contribution in [-0.4, -0.2) is 60.4 Å². The van der Waals surface area contributed by atoms with Crippen molar-refractivity contribution in [1.29, 1.82) is 0 Å². The number of hydrogen-bond acceptors (Lipinski definition) is 4. The van der Waals surface area contributed by atoms with Crippen LogP contribution >= 0.6 is 11.6 Å². The monoisotopic (exact) mass is 451 g/mol. The van der Waals surface area contributed by atoms with Gasteiger partial charge in [0.2, 0.25) is 5.91 Å². The summed E-state index contributed by atoms with van der Waals surface area (Å²) >= 11 is 5.99. The third kappa shape index (κ3) is 6.38. The Morgan fingerprint density at radius 1 is 1.06 bits per heavy atom. The van der Waals surface area contributed by atoms with Crippen LogP contribution in [0.5, 0.6) is 5.75 Å². The molecule has 0 saturated carbocycles. The molecule has 0 aromatic heterocycles. The van der Waals surface area contributed by atoms with Gasteiger partial charge in [0, 0.05) is 42.5 Å². The van der Waals surface area contributed by atoms with E-state index in [-0.39, 0.29) is 17.6 Å². The van der Waals surface area contributed by atoms with E-state index in [9.17, 15) is 18.4 Å². The van der Waals surface area contributed by atoms with Gasteiger partial charge in [-0.25, -0.2) is 0 Å². The minimum Gasteiger partial charge on any atom is -0.435 e. The number of nitrogens with zero attached hydrogens (tertiary/aromatic N) is 2. The van der Waals surface area contributed by atoms with Crippen LogP contribution in [-0.2, 0) is 4.79 Å². The van der Waals surface area contributed by atoms with Crippen molar-refractivity contribution in [2.45, 2.75) is 26.0 Å². The number of rotatable bonds is 6. The third-order valence-electron chi connectivity index (χ3n) is 5.16. The molecule has 9 heteroatoms. The molecule has 0 aliphatic carbocycles. The molecule has 2 aromatic carbocycles. The highest BCUT2D eigenvalue weighted by molar-refractivity contribution is 6.30. The lowest BCUT2D eigenvalue weighted by Gasteiger charge is -2.27. The molecule has 1 saturated heterocycles. The van der Waals surface area contributed by atoms with Gasteiger partial charge in [0.15, 0.2) is 0 Å². The van der Waals surface area contributed by atoms with E-state index in [0.717, 1.165) is 6.42 Å². The highest BCUT2D eigenvalue weighted by Crippen LogP contribution is 2.19. The van der Waals surface area contributed by atoms with Crippen LogP contribution < -0.4 is 10.1 Å². The lowest BCUT2D eigenvalue weighted by atomic mass is 10.2. The Labute approximate surface area is 184 Å². The van der Waals surface area contributed by atoms with Crippen LogP contribution in [0.25, 0.3) is 0 Å². The number of halogens is 3. The van der Waals surface area contributed by atoms with E-state index in [1.807, 2.05) is 4.90 Å². The standard InChI is InChI=1S/C22H24ClF2N3O3/c1-15(20(29)26-18-6-8-19(9-7-18)31-22(24)25)27-10-3-11-28(13-12-27)21(30)16-4-2-5-17(23)14-16/h2,4-9,14-15,22H,3,10-13H2,1H3,(H,26,29). The Bertz CT molecular complexity index is 911. The minimum atomic E-state index is -2.89. The van der Waals surface area contributed by atoms with Gasteiger partial charge >= 0.3 is 6.61 Å². The van der Waals surface area contributed by atoms with Crippen LogP contribution in [0.2, 0.25) is 5.02 Å². The number of anilines is 1. The van der Waals surface area contributed by atoms with Crippen LogP contribution in [0, 0.1) is 0 Å². The molecule has 1 aliphatic heterocycles. The fourth-order valence-electron chi connectivity index (χ4n) is 3.46. The van der Waals surface area contributed by atoms with Gasteiger partial charge in [-0.2, -0.15) is 8.78 Å². The predicted octanol–water partition coefficient (Wildman–Crippen LogP) is 4.12. The number of alkyl halides is 2. The molecule has 6 nitrogen and oxygen atoms in total. The van der Waals surface area contributed by atoms with Crippen molar-refractivity contribution < 1.29 is 23.1 Å². The van der Waals surface area contributed by atoms with Crippen molar-refractivity contribution in [3.63, 3.8) is 0 Å². The zero-order valence-electron chi connectivity index (χ0n) is 17.1. The van der Waals surface area contributed by atoms with E-state index in [0.29, 0.717) is 42.5 Å². The quantitative estimate of drug-likeness (QED) is 0.717. The molecule has 1 aliphatic rings. The number of nitrogens with one attached hydrogen (secondary N) is 1. The molecule has 1 unspecified atom stereocenters. The summed E-state index contributed by atoms with van der Waals surface area (Å²) in [7, 11) is 0. The number of carbonyl (C=O) groups is 2. The van der Waals surface area contributed by atoms with Gasteiger partial charge in [0.1, 0.15) is 5.75 Å². The van der Waals surface area contributed by atoms with Gasteiger partial charge in [-0.05, 0) is 55.8 Å². The smallest absolute Gasteiger partial charge is 0.387 e. The number of carbonyl (C=O) groups excluding carboxylic acids is 2. The van der Waals surface area contributed by atoms with Crippen molar-refractivity contribution in [2.75, 3.05) is 31.5 Å². The largest absolute Gasteiger partial charge is 0.435 e. The SMILES string of the molecule is CC(C(=O)Nc1ccc(OC(F)F)cc1)N1CCCN(C(=O)c2cccc(Cl)c2)CC1. The Kier molecular flexibility index (Phi) is 7.81. The van der Waals surface area contributed by atoms with E-state index in [1.54, 1.807) is 36.1 Å². The van der Waals surface area contributed by atoms with E-state index in [2.05, 4.69) is 10.1 Å².